The van der Waals surface area contributed by atoms with E-state index >= 15 is 0 Å². The molecule has 0 unspecified atom stereocenters. The van der Waals surface area contributed by atoms with Gasteiger partial charge >= 0.3 is 0 Å². The van der Waals surface area contributed by atoms with Crippen LogP contribution in [0.5, 0.6) is 0 Å². The topological polar surface area (TPSA) is 0 Å². The third kappa shape index (κ3) is 15.4. The first kappa shape index (κ1) is 33.6. The minimum absolute atomic E-state index is 0.122. The highest BCUT2D eigenvalue weighted by molar-refractivity contribution is 5.74. The van der Waals surface area contributed by atoms with Gasteiger partial charge in [-0.05, 0) is 72.4 Å². The molecule has 0 saturated carbocycles. The number of benzene rings is 2. The standard InChI is InChI=1S/C22H30.C8H10.C7H10/c1-8-10-11-20(22(5,6)7)14-12-17(3)21-15-13-19(9-2)16-18(21)4;1-2-8-6-4-3-5-7-8;1-4-5-6-7(2)3/h8,10-16H,3,9H2,1-2,4-7H3;3-7H,2H2,1H3;4-6H,1-2H2,3H3/b10-8+,14-12-,20-11+;;6-5-. The highest BCUT2D eigenvalue weighted by Crippen LogP contribution is 2.28. The maximum atomic E-state index is 4.24. The van der Waals surface area contributed by atoms with E-state index in [1.54, 1.807) is 6.08 Å². The van der Waals surface area contributed by atoms with Crippen molar-refractivity contribution in [3.63, 3.8) is 0 Å². The van der Waals surface area contributed by atoms with Gasteiger partial charge in [0.25, 0.3) is 0 Å². The fourth-order valence-corrected chi connectivity index (χ4v) is 3.29. The van der Waals surface area contributed by atoms with Crippen molar-refractivity contribution < 1.29 is 0 Å². The van der Waals surface area contributed by atoms with Crippen LogP contribution in [0, 0.1) is 12.3 Å². The molecule has 2 aromatic carbocycles. The zero-order valence-electron chi connectivity index (χ0n) is 24.8. The molecule has 2 rings (SSSR count). The summed E-state index contributed by atoms with van der Waals surface area (Å²) in [5.41, 5.74) is 8.85. The molecular weight excluding hydrogens is 444 g/mol. The second-order valence-corrected chi connectivity index (χ2v) is 10.0. The predicted molar refractivity (Wildman–Crippen MR) is 171 cm³/mol. The van der Waals surface area contributed by atoms with E-state index < -0.39 is 0 Å². The molecule has 0 bridgehead atoms. The summed E-state index contributed by atoms with van der Waals surface area (Å²) in [5, 5.41) is 0. The van der Waals surface area contributed by atoms with Crippen LogP contribution < -0.4 is 0 Å². The van der Waals surface area contributed by atoms with Gasteiger partial charge in [0.15, 0.2) is 0 Å². The Hall–Kier alpha value is -3.38. The lowest BCUT2D eigenvalue weighted by Gasteiger charge is -2.20. The van der Waals surface area contributed by atoms with Gasteiger partial charge in [0.1, 0.15) is 0 Å². The Bertz CT molecular complexity index is 1080. The van der Waals surface area contributed by atoms with Crippen LogP contribution in [-0.4, -0.2) is 0 Å². The number of aryl methyl sites for hydroxylation is 3. The molecule has 0 atom stereocenters. The van der Waals surface area contributed by atoms with Gasteiger partial charge in [-0.15, -0.1) is 0 Å². The molecule has 198 valence electrons. The zero-order valence-corrected chi connectivity index (χ0v) is 24.8. The van der Waals surface area contributed by atoms with Gasteiger partial charge in [-0.1, -0.05) is 157 Å². The summed E-state index contributed by atoms with van der Waals surface area (Å²) in [4.78, 5) is 0. The normalized spacial score (nSPS) is 11.6. The van der Waals surface area contributed by atoms with Crippen molar-refractivity contribution in [2.75, 3.05) is 0 Å². The lowest BCUT2D eigenvalue weighted by Crippen LogP contribution is -2.07. The second-order valence-electron chi connectivity index (χ2n) is 10.0. The average molecular weight is 495 g/mol. The van der Waals surface area contributed by atoms with Crippen LogP contribution in [0.3, 0.4) is 0 Å². The number of allylic oxidation sites excluding steroid dienone is 11. The Kier molecular flexibility index (Phi) is 17.1. The molecule has 0 nitrogen and oxygen atoms in total. The van der Waals surface area contributed by atoms with E-state index in [1.807, 2.05) is 32.1 Å². The fraction of sp³-hybridized carbons (Fsp3) is 0.297. The Morgan fingerprint density at radius 3 is 1.86 bits per heavy atom. The Morgan fingerprint density at radius 2 is 1.46 bits per heavy atom. The van der Waals surface area contributed by atoms with Crippen LogP contribution in [0.4, 0.5) is 0 Å². The summed E-state index contributed by atoms with van der Waals surface area (Å²) < 4.78 is 0. The number of hydrogen-bond acceptors (Lipinski definition) is 0. The summed E-state index contributed by atoms with van der Waals surface area (Å²) in [6.07, 6.45) is 18.4. The van der Waals surface area contributed by atoms with E-state index in [4.69, 9.17) is 0 Å². The molecule has 0 amide bonds. The van der Waals surface area contributed by atoms with E-state index in [0.717, 1.165) is 24.0 Å². The molecule has 0 aromatic heterocycles. The first-order valence-electron chi connectivity index (χ1n) is 13.3. The Morgan fingerprint density at radius 1 is 0.838 bits per heavy atom. The van der Waals surface area contributed by atoms with Gasteiger partial charge < -0.3 is 0 Å². The van der Waals surface area contributed by atoms with Crippen LogP contribution in [0.2, 0.25) is 0 Å². The summed E-state index contributed by atoms with van der Waals surface area (Å²) in [6, 6.07) is 17.1. The molecule has 0 radical (unpaired) electrons. The van der Waals surface area contributed by atoms with E-state index in [0.29, 0.717) is 0 Å². The van der Waals surface area contributed by atoms with Gasteiger partial charge in [0, 0.05) is 0 Å². The Balaban J connectivity index is 0.000000699. The summed E-state index contributed by atoms with van der Waals surface area (Å²) in [7, 11) is 0. The van der Waals surface area contributed by atoms with E-state index in [9.17, 15) is 0 Å². The molecule has 2 aromatic rings. The Labute approximate surface area is 229 Å². The van der Waals surface area contributed by atoms with Crippen LogP contribution in [0.1, 0.15) is 70.7 Å². The van der Waals surface area contributed by atoms with Crippen molar-refractivity contribution in [3.05, 3.63) is 150 Å². The van der Waals surface area contributed by atoms with Crippen molar-refractivity contribution >= 4 is 5.57 Å². The molecule has 0 fully saturated rings. The lowest BCUT2D eigenvalue weighted by molar-refractivity contribution is 0.517. The molecule has 0 aliphatic rings. The smallest absolute Gasteiger partial charge is 0.0132 e. The van der Waals surface area contributed by atoms with Crippen molar-refractivity contribution in [1.82, 2.24) is 0 Å². The second kappa shape index (κ2) is 18.8. The average Bonchev–Trinajstić information content (AvgIpc) is 2.87. The van der Waals surface area contributed by atoms with Gasteiger partial charge in [-0.2, -0.15) is 0 Å². The van der Waals surface area contributed by atoms with E-state index in [2.05, 4.69) is 134 Å². The minimum Gasteiger partial charge on any atom is -0.0991 e. The molecule has 0 heteroatoms. The van der Waals surface area contributed by atoms with Gasteiger partial charge in [0.05, 0.1) is 0 Å². The molecule has 0 saturated heterocycles. The van der Waals surface area contributed by atoms with Crippen LogP contribution in [-0.2, 0) is 12.8 Å². The number of hydrogen-bond donors (Lipinski definition) is 0. The largest absolute Gasteiger partial charge is 0.0991 e. The lowest BCUT2D eigenvalue weighted by atomic mass is 9.85. The van der Waals surface area contributed by atoms with Crippen molar-refractivity contribution in [2.45, 2.75) is 68.2 Å². The molecule has 0 aliphatic heterocycles. The highest BCUT2D eigenvalue weighted by Gasteiger charge is 2.13. The van der Waals surface area contributed by atoms with Crippen LogP contribution in [0.15, 0.2) is 128 Å². The molecule has 0 spiro atoms. The summed E-state index contributed by atoms with van der Waals surface area (Å²) >= 11 is 0. The molecule has 37 heavy (non-hydrogen) atoms. The number of rotatable bonds is 8. The molecule has 0 heterocycles. The van der Waals surface area contributed by atoms with Crippen molar-refractivity contribution in [1.29, 1.82) is 0 Å². The fourth-order valence-electron chi connectivity index (χ4n) is 3.29. The van der Waals surface area contributed by atoms with Crippen molar-refractivity contribution in [3.8, 4) is 0 Å². The maximum absolute atomic E-state index is 4.24. The van der Waals surface area contributed by atoms with E-state index in [-0.39, 0.29) is 5.41 Å². The third-order valence-electron chi connectivity index (χ3n) is 5.61. The van der Waals surface area contributed by atoms with Crippen LogP contribution >= 0.6 is 0 Å². The summed E-state index contributed by atoms with van der Waals surface area (Å²) in [6.45, 7) is 28.6. The minimum atomic E-state index is 0.122. The molecule has 0 aliphatic carbocycles. The third-order valence-corrected chi connectivity index (χ3v) is 5.61. The van der Waals surface area contributed by atoms with Crippen LogP contribution in [0.25, 0.3) is 5.57 Å². The zero-order chi connectivity index (χ0) is 28.3. The SMILES string of the molecule is C=C(\C=C/C(=C\C=C\C)C(C)(C)C)c1ccc(CC)cc1C.C=C/C=C\C(=C)C.CCc1ccccc1. The summed E-state index contributed by atoms with van der Waals surface area (Å²) in [5.74, 6) is 0. The van der Waals surface area contributed by atoms with Gasteiger partial charge in [0.2, 0.25) is 0 Å². The van der Waals surface area contributed by atoms with Gasteiger partial charge in [-0.25, -0.2) is 0 Å². The highest BCUT2D eigenvalue weighted by atomic mass is 14.2. The van der Waals surface area contributed by atoms with Gasteiger partial charge in [-0.3, -0.25) is 0 Å². The maximum Gasteiger partial charge on any atom is -0.0132 e. The quantitative estimate of drug-likeness (QED) is 0.320. The first-order chi connectivity index (χ1) is 17.5. The first-order valence-corrected chi connectivity index (χ1v) is 13.3. The van der Waals surface area contributed by atoms with E-state index in [1.165, 1.54) is 27.8 Å². The van der Waals surface area contributed by atoms with Crippen molar-refractivity contribution in [2.24, 2.45) is 5.41 Å². The monoisotopic (exact) mass is 494 g/mol. The molecular formula is C37H50. The predicted octanol–water partition coefficient (Wildman–Crippen LogP) is 11.2. The molecule has 0 N–H and O–H groups in total.